The van der Waals surface area contributed by atoms with E-state index in [0.29, 0.717) is 11.3 Å². The van der Waals surface area contributed by atoms with E-state index in [0.717, 1.165) is 56.3 Å². The highest BCUT2D eigenvalue weighted by Gasteiger charge is 2.15. The Morgan fingerprint density at radius 2 is 1.47 bits per heavy atom. The van der Waals surface area contributed by atoms with E-state index < -0.39 is 0 Å². The maximum atomic E-state index is 13.1. The van der Waals surface area contributed by atoms with E-state index in [-0.39, 0.29) is 18.0 Å². The highest BCUT2D eigenvalue weighted by atomic mass is 16.5. The molecule has 2 aromatic rings. The van der Waals surface area contributed by atoms with Crippen LogP contribution in [0.4, 0.5) is 0 Å². The maximum absolute atomic E-state index is 13.1. The molecule has 0 aliphatic carbocycles. The fraction of sp³-hybridized carbons (Fsp3) is 0.483. The number of para-hydroxylation sites is 1. The average Bonchev–Trinajstić information content (AvgIpc) is 2.82. The van der Waals surface area contributed by atoms with Crippen LogP contribution in [0.15, 0.2) is 48.5 Å². The van der Waals surface area contributed by atoms with Gasteiger partial charge in [0.25, 0.3) is 0 Å². The van der Waals surface area contributed by atoms with Crippen molar-refractivity contribution >= 4 is 11.9 Å². The number of carbonyl (C=O) groups is 1. The van der Waals surface area contributed by atoms with Gasteiger partial charge in [-0.1, -0.05) is 65.7 Å². The first-order chi connectivity index (χ1) is 15.6. The third-order valence-electron chi connectivity index (χ3n) is 5.77. The van der Waals surface area contributed by atoms with Gasteiger partial charge in [0.05, 0.1) is 17.8 Å². The van der Waals surface area contributed by atoms with Gasteiger partial charge in [-0.25, -0.2) is 0 Å². The lowest BCUT2D eigenvalue weighted by molar-refractivity contribution is 0.103. The van der Waals surface area contributed by atoms with Crippen LogP contribution in [-0.4, -0.2) is 18.0 Å². The zero-order valence-corrected chi connectivity index (χ0v) is 20.5. The second-order valence-electron chi connectivity index (χ2n) is 8.29. The first kappa shape index (κ1) is 25.7. The molecule has 2 unspecified atom stereocenters. The molecule has 0 aliphatic heterocycles. The van der Waals surface area contributed by atoms with Crippen LogP contribution in [0.3, 0.4) is 0 Å². The molecule has 0 aromatic heterocycles. The number of carbonyl (C=O) groups excluding carboxylic acids is 1. The molecule has 0 radical (unpaired) electrons. The fourth-order valence-corrected chi connectivity index (χ4v) is 3.78. The van der Waals surface area contributed by atoms with Crippen LogP contribution >= 0.6 is 0 Å². The van der Waals surface area contributed by atoms with E-state index in [1.807, 2.05) is 36.4 Å². The Morgan fingerprint density at radius 1 is 0.844 bits per heavy atom. The van der Waals surface area contributed by atoms with Crippen LogP contribution in [0.2, 0.25) is 0 Å². The molecule has 2 rings (SSSR count). The first-order valence-electron chi connectivity index (χ1n) is 12.3. The fourth-order valence-electron chi connectivity index (χ4n) is 3.78. The SMILES string of the molecule is CCCC(CC)Oc1ccc(CC)cc1/C=C/C(=O)c1ccccc1OC(CC)CCC. The second kappa shape index (κ2) is 13.8. The molecule has 0 amide bonds. The lowest BCUT2D eigenvalue weighted by atomic mass is 10.0. The van der Waals surface area contributed by atoms with Gasteiger partial charge in [0.15, 0.2) is 5.78 Å². The largest absolute Gasteiger partial charge is 0.490 e. The molecule has 3 heteroatoms. The molecule has 2 atom stereocenters. The van der Waals surface area contributed by atoms with Crippen molar-refractivity contribution in [2.24, 2.45) is 0 Å². The van der Waals surface area contributed by atoms with Crippen LogP contribution in [0.25, 0.3) is 6.08 Å². The maximum Gasteiger partial charge on any atom is 0.189 e. The molecule has 32 heavy (non-hydrogen) atoms. The topological polar surface area (TPSA) is 35.5 Å². The molecular formula is C29H40O3. The smallest absolute Gasteiger partial charge is 0.189 e. The number of ether oxygens (including phenoxy) is 2. The van der Waals surface area contributed by atoms with Crippen molar-refractivity contribution in [1.82, 2.24) is 0 Å². The van der Waals surface area contributed by atoms with Crippen molar-refractivity contribution in [2.75, 3.05) is 0 Å². The Bertz CT molecular complexity index is 868. The Morgan fingerprint density at radius 3 is 2.06 bits per heavy atom. The highest BCUT2D eigenvalue weighted by molar-refractivity contribution is 6.08. The van der Waals surface area contributed by atoms with Gasteiger partial charge < -0.3 is 9.47 Å². The summed E-state index contributed by atoms with van der Waals surface area (Å²) >= 11 is 0. The van der Waals surface area contributed by atoms with Crippen LogP contribution in [0.5, 0.6) is 11.5 Å². The number of ketones is 1. The van der Waals surface area contributed by atoms with Gasteiger partial charge in [0, 0.05) is 5.56 Å². The van der Waals surface area contributed by atoms with Crippen molar-refractivity contribution < 1.29 is 14.3 Å². The summed E-state index contributed by atoms with van der Waals surface area (Å²) in [5.74, 6) is 1.45. The standard InChI is InChI=1S/C29H40O3/c1-6-13-24(9-4)31-28-20-17-22(8-3)21-23(28)18-19-27(30)26-15-11-12-16-29(26)32-25(10-5)14-7-2/h11-12,15-21,24-25H,6-10,13-14H2,1-5H3/b19-18+. The van der Waals surface area contributed by atoms with E-state index >= 15 is 0 Å². The van der Waals surface area contributed by atoms with E-state index in [1.165, 1.54) is 5.56 Å². The van der Waals surface area contributed by atoms with E-state index in [9.17, 15) is 4.79 Å². The predicted octanol–water partition coefficient (Wildman–Crippen LogP) is 8.06. The molecular weight excluding hydrogens is 396 g/mol. The summed E-state index contributed by atoms with van der Waals surface area (Å²) in [5, 5.41) is 0. The van der Waals surface area contributed by atoms with Gasteiger partial charge in [-0.3, -0.25) is 4.79 Å². The van der Waals surface area contributed by atoms with E-state index in [4.69, 9.17) is 9.47 Å². The third-order valence-corrected chi connectivity index (χ3v) is 5.77. The summed E-state index contributed by atoms with van der Waals surface area (Å²) in [6, 6.07) is 13.8. The number of hydrogen-bond donors (Lipinski definition) is 0. The summed E-state index contributed by atoms with van der Waals surface area (Å²) in [4.78, 5) is 13.1. The Balaban J connectivity index is 2.28. The number of rotatable bonds is 14. The number of benzene rings is 2. The summed E-state index contributed by atoms with van der Waals surface area (Å²) < 4.78 is 12.5. The van der Waals surface area contributed by atoms with Crippen molar-refractivity contribution in [3.8, 4) is 11.5 Å². The normalized spacial score (nSPS) is 13.2. The Hall–Kier alpha value is -2.55. The van der Waals surface area contributed by atoms with Crippen molar-refractivity contribution in [3.63, 3.8) is 0 Å². The zero-order chi connectivity index (χ0) is 23.3. The minimum atomic E-state index is -0.0552. The molecule has 0 saturated heterocycles. The molecule has 0 heterocycles. The summed E-state index contributed by atoms with van der Waals surface area (Å²) in [7, 11) is 0. The van der Waals surface area contributed by atoms with Gasteiger partial charge in [0.1, 0.15) is 11.5 Å². The highest BCUT2D eigenvalue weighted by Crippen LogP contribution is 2.27. The van der Waals surface area contributed by atoms with Gasteiger partial charge in [-0.15, -0.1) is 0 Å². The summed E-state index contributed by atoms with van der Waals surface area (Å²) in [6.45, 7) is 10.7. The minimum absolute atomic E-state index is 0.0552. The van der Waals surface area contributed by atoms with Crippen LogP contribution in [0.1, 0.15) is 94.6 Å². The molecule has 174 valence electrons. The first-order valence-corrected chi connectivity index (χ1v) is 12.3. The van der Waals surface area contributed by atoms with Gasteiger partial charge in [-0.2, -0.15) is 0 Å². The number of allylic oxidation sites excluding steroid dienone is 1. The quantitative estimate of drug-likeness (QED) is 0.222. The van der Waals surface area contributed by atoms with E-state index in [2.05, 4.69) is 46.8 Å². The Kier molecular flexibility index (Phi) is 11.1. The van der Waals surface area contributed by atoms with Crippen molar-refractivity contribution in [1.29, 1.82) is 0 Å². The molecule has 0 spiro atoms. The zero-order valence-electron chi connectivity index (χ0n) is 20.5. The molecule has 0 aliphatic rings. The van der Waals surface area contributed by atoms with Crippen molar-refractivity contribution in [2.45, 2.75) is 91.8 Å². The monoisotopic (exact) mass is 436 g/mol. The summed E-state index contributed by atoms with van der Waals surface area (Å²) in [5.41, 5.74) is 2.77. The van der Waals surface area contributed by atoms with E-state index in [1.54, 1.807) is 6.08 Å². The number of aryl methyl sites for hydroxylation is 1. The molecule has 2 aromatic carbocycles. The molecule has 0 fully saturated rings. The van der Waals surface area contributed by atoms with Gasteiger partial charge in [-0.05, 0) is 74.1 Å². The molecule has 0 bridgehead atoms. The molecule has 0 saturated carbocycles. The third kappa shape index (κ3) is 7.55. The summed E-state index contributed by atoms with van der Waals surface area (Å²) in [6.07, 6.45) is 10.8. The lowest BCUT2D eigenvalue weighted by Crippen LogP contribution is -2.16. The van der Waals surface area contributed by atoms with Crippen LogP contribution in [0, 0.1) is 0 Å². The van der Waals surface area contributed by atoms with Crippen LogP contribution in [-0.2, 0) is 6.42 Å². The van der Waals surface area contributed by atoms with Gasteiger partial charge >= 0.3 is 0 Å². The van der Waals surface area contributed by atoms with Crippen molar-refractivity contribution in [3.05, 3.63) is 65.2 Å². The average molecular weight is 437 g/mol. The number of hydrogen-bond acceptors (Lipinski definition) is 3. The minimum Gasteiger partial charge on any atom is -0.490 e. The van der Waals surface area contributed by atoms with Crippen LogP contribution < -0.4 is 9.47 Å². The second-order valence-corrected chi connectivity index (χ2v) is 8.29. The Labute approximate surface area is 194 Å². The molecule has 0 N–H and O–H groups in total. The van der Waals surface area contributed by atoms with Gasteiger partial charge in [0.2, 0.25) is 0 Å². The lowest BCUT2D eigenvalue weighted by Gasteiger charge is -2.19. The predicted molar refractivity (Wildman–Crippen MR) is 135 cm³/mol. The molecule has 3 nitrogen and oxygen atoms in total.